The Morgan fingerprint density at radius 2 is 1.64 bits per heavy atom. The van der Waals surface area contributed by atoms with Crippen molar-refractivity contribution in [3.63, 3.8) is 0 Å². The zero-order chi connectivity index (χ0) is 27.1. The van der Waals surface area contributed by atoms with Crippen LogP contribution in [0.1, 0.15) is 72.0 Å². The maximum absolute atomic E-state index is 13.7. The van der Waals surface area contributed by atoms with Crippen molar-refractivity contribution in [3.05, 3.63) is 57.8 Å². The highest BCUT2D eigenvalue weighted by atomic mass is 32.1. The molecule has 4 heterocycles. The summed E-state index contributed by atoms with van der Waals surface area (Å²) >= 11 is 1.55. The molecule has 1 aromatic carbocycles. The molecule has 3 saturated heterocycles. The molecule has 4 aliphatic rings. The predicted octanol–water partition coefficient (Wildman–Crippen LogP) is 5.15. The molecule has 7 heteroatoms. The van der Waals surface area contributed by atoms with Gasteiger partial charge < -0.3 is 19.4 Å². The maximum atomic E-state index is 13.7. The number of rotatable bonds is 6. The highest BCUT2D eigenvalue weighted by molar-refractivity contribution is 7.12. The van der Waals surface area contributed by atoms with E-state index in [1.165, 1.54) is 5.56 Å². The molecule has 210 valence electrons. The van der Waals surface area contributed by atoms with E-state index in [1.54, 1.807) is 11.3 Å². The van der Waals surface area contributed by atoms with E-state index < -0.39 is 0 Å². The molecule has 3 aliphatic heterocycles. The third-order valence-electron chi connectivity index (χ3n) is 9.70. The molecule has 0 N–H and O–H groups in total. The van der Waals surface area contributed by atoms with Crippen molar-refractivity contribution in [2.24, 2.45) is 17.8 Å². The zero-order valence-electron chi connectivity index (χ0n) is 23.7. The summed E-state index contributed by atoms with van der Waals surface area (Å²) in [5, 5.41) is 2.00. The summed E-state index contributed by atoms with van der Waals surface area (Å²) in [5.41, 5.74) is 2.11. The van der Waals surface area contributed by atoms with Crippen LogP contribution in [0.4, 0.5) is 0 Å². The number of benzene rings is 1. The molecule has 6 nitrogen and oxygen atoms in total. The normalized spacial score (nSPS) is 26.4. The number of carbonyl (C=O) groups excluding carboxylic acids is 2. The summed E-state index contributed by atoms with van der Waals surface area (Å²) in [5.74, 6) is 1.89. The van der Waals surface area contributed by atoms with Gasteiger partial charge in [-0.05, 0) is 78.0 Å². The molecule has 0 bridgehead atoms. The van der Waals surface area contributed by atoms with Crippen LogP contribution in [0.25, 0.3) is 0 Å². The summed E-state index contributed by atoms with van der Waals surface area (Å²) < 4.78 is 5.57. The molecule has 2 atom stereocenters. The van der Waals surface area contributed by atoms with Gasteiger partial charge in [0.05, 0.1) is 4.88 Å². The second-order valence-corrected chi connectivity index (χ2v) is 14.0. The standard InChI is InChI=1S/C32H43N3O3S/c1-32(2,3)23-8-6-22(7-9-23)30(36)34-19-26-27(20-34)28(26)21-35(31(37)29-5-4-18-39-29)25-10-14-33(15-11-25)24-12-16-38-17-13-24/h4-9,18,24-28H,10-17,19-21H2,1-3H3. The van der Waals surface area contributed by atoms with Crippen molar-refractivity contribution in [3.8, 4) is 0 Å². The van der Waals surface area contributed by atoms with Crippen LogP contribution in [0.3, 0.4) is 0 Å². The number of amides is 2. The van der Waals surface area contributed by atoms with E-state index in [1.807, 2.05) is 34.5 Å². The van der Waals surface area contributed by atoms with E-state index in [2.05, 4.69) is 42.7 Å². The van der Waals surface area contributed by atoms with Gasteiger partial charge in [-0.1, -0.05) is 39.0 Å². The lowest BCUT2D eigenvalue weighted by atomic mass is 9.86. The summed E-state index contributed by atoms with van der Waals surface area (Å²) in [7, 11) is 0. The van der Waals surface area contributed by atoms with Crippen molar-refractivity contribution < 1.29 is 14.3 Å². The number of piperidine rings is 2. The Morgan fingerprint density at radius 1 is 0.974 bits per heavy atom. The fourth-order valence-corrected chi connectivity index (χ4v) is 7.84. The lowest BCUT2D eigenvalue weighted by Gasteiger charge is -2.42. The van der Waals surface area contributed by atoms with Crippen molar-refractivity contribution in [2.45, 2.75) is 64.0 Å². The SMILES string of the molecule is CC(C)(C)c1ccc(C(=O)N2CC3C(C2)C3CN(C(=O)c2cccs2)C2CCN(C3CCOCC3)CC2)cc1. The second-order valence-electron chi connectivity index (χ2n) is 13.1. The zero-order valence-corrected chi connectivity index (χ0v) is 24.5. The van der Waals surface area contributed by atoms with Crippen LogP contribution < -0.4 is 0 Å². The van der Waals surface area contributed by atoms with Gasteiger partial charge in [-0.2, -0.15) is 0 Å². The number of fused-ring (bicyclic) bond motifs is 1. The molecule has 39 heavy (non-hydrogen) atoms. The van der Waals surface area contributed by atoms with Gasteiger partial charge in [-0.25, -0.2) is 0 Å². The number of likely N-dealkylation sites (tertiary alicyclic amines) is 2. The van der Waals surface area contributed by atoms with Crippen LogP contribution >= 0.6 is 11.3 Å². The molecular formula is C32H43N3O3S. The van der Waals surface area contributed by atoms with Crippen LogP contribution in [0.2, 0.25) is 0 Å². The molecule has 2 unspecified atom stereocenters. The topological polar surface area (TPSA) is 53.1 Å². The number of hydrogen-bond donors (Lipinski definition) is 0. The van der Waals surface area contributed by atoms with Gasteiger partial charge in [0.2, 0.25) is 0 Å². The number of nitrogens with zero attached hydrogens (tertiary/aromatic N) is 3. The van der Waals surface area contributed by atoms with Crippen LogP contribution in [0.5, 0.6) is 0 Å². The van der Waals surface area contributed by atoms with E-state index >= 15 is 0 Å². The molecule has 2 amide bonds. The average molecular weight is 550 g/mol. The molecule has 0 radical (unpaired) electrons. The number of carbonyl (C=O) groups is 2. The smallest absolute Gasteiger partial charge is 0.264 e. The number of ether oxygens (including phenoxy) is 1. The van der Waals surface area contributed by atoms with E-state index in [9.17, 15) is 9.59 Å². The first-order valence-electron chi connectivity index (χ1n) is 14.9. The molecular weight excluding hydrogens is 506 g/mol. The first-order chi connectivity index (χ1) is 18.8. The molecule has 6 rings (SSSR count). The number of thiophene rings is 1. The predicted molar refractivity (Wildman–Crippen MR) is 155 cm³/mol. The Balaban J connectivity index is 1.07. The molecule has 0 spiro atoms. The summed E-state index contributed by atoms with van der Waals surface area (Å²) in [6.07, 6.45) is 4.35. The Morgan fingerprint density at radius 3 is 2.23 bits per heavy atom. The Kier molecular flexibility index (Phi) is 7.60. The minimum Gasteiger partial charge on any atom is -0.381 e. The van der Waals surface area contributed by atoms with Gasteiger partial charge in [-0.3, -0.25) is 9.59 Å². The van der Waals surface area contributed by atoms with Crippen LogP contribution in [0.15, 0.2) is 41.8 Å². The van der Waals surface area contributed by atoms with Crippen LogP contribution in [0, 0.1) is 17.8 Å². The summed E-state index contributed by atoms with van der Waals surface area (Å²) in [6, 6.07) is 13.0. The second kappa shape index (κ2) is 11.0. The van der Waals surface area contributed by atoms with Gasteiger partial charge in [0.1, 0.15) is 0 Å². The maximum Gasteiger partial charge on any atom is 0.264 e. The Hall–Kier alpha value is -2.22. The largest absolute Gasteiger partial charge is 0.381 e. The fraction of sp³-hybridized carbons (Fsp3) is 0.625. The number of hydrogen-bond acceptors (Lipinski definition) is 5. The quantitative estimate of drug-likeness (QED) is 0.500. The summed E-state index contributed by atoms with van der Waals surface area (Å²) in [6.45, 7) is 12.9. The van der Waals surface area contributed by atoms with E-state index in [-0.39, 0.29) is 17.2 Å². The minimum absolute atomic E-state index is 0.0813. The van der Waals surface area contributed by atoms with Gasteiger partial charge in [0, 0.05) is 63.6 Å². The van der Waals surface area contributed by atoms with E-state index in [0.29, 0.717) is 29.8 Å². The van der Waals surface area contributed by atoms with Crippen molar-refractivity contribution >= 4 is 23.2 Å². The third kappa shape index (κ3) is 5.68. The first-order valence-corrected chi connectivity index (χ1v) is 15.7. The first kappa shape index (κ1) is 27.0. The van der Waals surface area contributed by atoms with Gasteiger partial charge >= 0.3 is 0 Å². The molecule has 4 fully saturated rings. The lowest BCUT2D eigenvalue weighted by Crippen LogP contribution is -2.51. The molecule has 2 aromatic rings. The Bertz CT molecular complexity index is 1130. The third-order valence-corrected chi connectivity index (χ3v) is 10.6. The van der Waals surface area contributed by atoms with E-state index in [0.717, 1.165) is 82.1 Å². The fourth-order valence-electron chi connectivity index (χ4n) is 7.16. The summed E-state index contributed by atoms with van der Waals surface area (Å²) in [4.78, 5) is 34.6. The monoisotopic (exact) mass is 549 g/mol. The van der Waals surface area contributed by atoms with Gasteiger partial charge in [0.15, 0.2) is 0 Å². The molecule has 1 aromatic heterocycles. The van der Waals surface area contributed by atoms with Crippen LogP contribution in [-0.2, 0) is 10.2 Å². The van der Waals surface area contributed by atoms with Crippen molar-refractivity contribution in [2.75, 3.05) is 45.9 Å². The molecule has 1 aliphatic carbocycles. The van der Waals surface area contributed by atoms with E-state index in [4.69, 9.17) is 4.74 Å². The highest BCUT2D eigenvalue weighted by Crippen LogP contribution is 2.52. The van der Waals surface area contributed by atoms with Crippen molar-refractivity contribution in [1.29, 1.82) is 0 Å². The Labute approximate surface area is 237 Å². The van der Waals surface area contributed by atoms with Crippen molar-refractivity contribution in [1.82, 2.24) is 14.7 Å². The highest BCUT2D eigenvalue weighted by Gasteiger charge is 2.57. The van der Waals surface area contributed by atoms with Crippen LogP contribution in [-0.4, -0.2) is 84.5 Å². The average Bonchev–Trinajstić information content (AvgIpc) is 3.33. The lowest BCUT2D eigenvalue weighted by molar-refractivity contribution is 0.0126. The van der Waals surface area contributed by atoms with Gasteiger partial charge in [0.25, 0.3) is 11.8 Å². The molecule has 1 saturated carbocycles. The minimum atomic E-state index is 0.0813. The van der Waals surface area contributed by atoms with Gasteiger partial charge in [-0.15, -0.1) is 11.3 Å².